The van der Waals surface area contributed by atoms with Gasteiger partial charge >= 0.3 is 12.4 Å². The first-order chi connectivity index (χ1) is 16.4. The van der Waals surface area contributed by atoms with E-state index in [-0.39, 0.29) is 32.4 Å². The molecule has 1 aromatic rings. The lowest BCUT2D eigenvalue weighted by atomic mass is 9.84. The number of carbonyl (C=O) groups excluding carboxylic acids is 1. The number of nitrogens with zero attached hydrogens (tertiary/aromatic N) is 1. The molecule has 36 heavy (non-hydrogen) atoms. The van der Waals surface area contributed by atoms with Gasteiger partial charge in [-0.25, -0.2) is 8.42 Å². The summed E-state index contributed by atoms with van der Waals surface area (Å²) in [6, 6.07) is 5.95. The Labute approximate surface area is 205 Å². The summed E-state index contributed by atoms with van der Waals surface area (Å²) < 4.78 is 106. The molecule has 0 radical (unpaired) electrons. The molecule has 0 spiro atoms. The molecule has 1 aliphatic carbocycles. The van der Waals surface area contributed by atoms with Crippen molar-refractivity contribution in [2.45, 2.75) is 61.1 Å². The highest BCUT2D eigenvalue weighted by Gasteiger charge is 2.62. The van der Waals surface area contributed by atoms with Gasteiger partial charge in [0.15, 0.2) is 9.84 Å². The van der Waals surface area contributed by atoms with Gasteiger partial charge in [0.25, 0.3) is 11.5 Å². The average molecular weight is 540 g/mol. The van der Waals surface area contributed by atoms with Crippen LogP contribution in [-0.4, -0.2) is 59.8 Å². The van der Waals surface area contributed by atoms with Crippen molar-refractivity contribution in [1.29, 1.82) is 0 Å². The Morgan fingerprint density at radius 1 is 1.00 bits per heavy atom. The number of aliphatic hydroxyl groups is 1. The molecule has 200 valence electrons. The van der Waals surface area contributed by atoms with E-state index in [4.69, 9.17) is 0 Å². The van der Waals surface area contributed by atoms with Crippen molar-refractivity contribution < 1.29 is 44.7 Å². The summed E-state index contributed by atoms with van der Waals surface area (Å²) in [7, 11) is -4.15. The summed E-state index contributed by atoms with van der Waals surface area (Å²) in [5.74, 6) is -2.19. The first-order valence-corrected chi connectivity index (χ1v) is 12.8. The third-order valence-electron chi connectivity index (χ3n) is 7.17. The molecule has 2 aliphatic rings. The number of allylic oxidation sites excluding steroid dienone is 3. The second kappa shape index (κ2) is 9.51. The smallest absolute Gasteiger partial charge is 0.369 e. The summed E-state index contributed by atoms with van der Waals surface area (Å²) in [5, 5.41) is 9.14. The van der Waals surface area contributed by atoms with Crippen molar-refractivity contribution in [2.75, 3.05) is 13.1 Å². The number of amides is 1. The summed E-state index contributed by atoms with van der Waals surface area (Å²) >= 11 is 0. The van der Waals surface area contributed by atoms with Crippen LogP contribution in [0.25, 0.3) is 0 Å². The van der Waals surface area contributed by atoms with E-state index >= 15 is 0 Å². The van der Waals surface area contributed by atoms with E-state index in [9.17, 15) is 44.7 Å². The first kappa shape index (κ1) is 28.2. The molecule has 1 aliphatic heterocycles. The fraction of sp³-hybridized carbons (Fsp3) is 0.542. The maximum atomic E-state index is 13.9. The largest absolute Gasteiger partial charge is 0.430 e. The molecule has 0 bridgehead atoms. The molecule has 0 saturated carbocycles. The molecule has 1 aromatic carbocycles. The summed E-state index contributed by atoms with van der Waals surface area (Å²) in [6.45, 7) is 2.28. The van der Waals surface area contributed by atoms with E-state index in [2.05, 4.69) is 0 Å². The van der Waals surface area contributed by atoms with Gasteiger partial charge in [-0.15, -0.1) is 0 Å². The Bertz CT molecular complexity index is 1130. The number of halogens is 6. The van der Waals surface area contributed by atoms with Crippen molar-refractivity contribution in [3.63, 3.8) is 0 Å². The zero-order chi connectivity index (χ0) is 27.2. The number of hydrogen-bond donors (Lipinski definition) is 1. The highest BCUT2D eigenvalue weighted by atomic mass is 32.2. The Morgan fingerprint density at radius 3 is 2.06 bits per heavy atom. The third-order valence-corrected chi connectivity index (χ3v) is 10.1. The summed E-state index contributed by atoms with van der Waals surface area (Å²) in [5.41, 5.74) is -5.45. The highest BCUT2D eigenvalue weighted by Crippen LogP contribution is 2.43. The zero-order valence-corrected chi connectivity index (χ0v) is 20.4. The van der Waals surface area contributed by atoms with E-state index in [1.807, 2.05) is 0 Å². The van der Waals surface area contributed by atoms with Crippen LogP contribution in [0.5, 0.6) is 0 Å². The van der Waals surface area contributed by atoms with Gasteiger partial charge in [0.1, 0.15) is 0 Å². The van der Waals surface area contributed by atoms with Crippen LogP contribution in [0.4, 0.5) is 26.3 Å². The minimum absolute atomic E-state index is 0.000894. The van der Waals surface area contributed by atoms with Crippen LogP contribution in [0.1, 0.15) is 38.7 Å². The number of likely N-dealkylation sites (tertiary alicyclic amines) is 1. The van der Waals surface area contributed by atoms with Crippen molar-refractivity contribution in [3.05, 3.63) is 59.7 Å². The number of sulfone groups is 1. The number of alkyl halides is 6. The Kier molecular flexibility index (Phi) is 7.46. The average Bonchev–Trinajstić information content (AvgIpc) is 2.82. The van der Waals surface area contributed by atoms with E-state index in [0.717, 1.165) is 29.2 Å². The SMILES string of the molecule is CC(C)(C1CCN(C(=O)[C@](O)(c2ccccc2)C(F)(F)F)CC1)S(=O)(=O)C1C=C(C(F)(F)F)C=CC1. The molecule has 1 N–H and O–H groups in total. The van der Waals surface area contributed by atoms with Crippen LogP contribution in [0.3, 0.4) is 0 Å². The van der Waals surface area contributed by atoms with Crippen LogP contribution in [-0.2, 0) is 20.2 Å². The quantitative estimate of drug-likeness (QED) is 0.552. The zero-order valence-electron chi connectivity index (χ0n) is 19.6. The molecular formula is C24H27F6NO4S. The molecule has 5 nitrogen and oxygen atoms in total. The maximum absolute atomic E-state index is 13.9. The molecular weight excluding hydrogens is 512 g/mol. The standard InChI is InChI=1S/C24H27F6NO4S/c1-21(2,36(34,35)19-10-6-9-18(15-19)23(25,26)27)16-11-13-31(14-12-16)20(32)22(33,24(28,29)30)17-7-4-3-5-8-17/h3-9,15-16,19,33H,10-14H2,1-2H3/t19?,22-/m1/s1. The van der Waals surface area contributed by atoms with E-state index in [0.29, 0.717) is 6.08 Å². The molecule has 1 unspecified atom stereocenters. The molecule has 1 fully saturated rings. The Morgan fingerprint density at radius 2 is 1.56 bits per heavy atom. The van der Waals surface area contributed by atoms with E-state index in [1.54, 1.807) is 0 Å². The summed E-state index contributed by atoms with van der Waals surface area (Å²) in [4.78, 5) is 13.8. The predicted molar refractivity (Wildman–Crippen MR) is 120 cm³/mol. The molecule has 2 atom stereocenters. The van der Waals surface area contributed by atoms with Gasteiger partial charge in [-0.3, -0.25) is 4.79 Å². The van der Waals surface area contributed by atoms with Crippen molar-refractivity contribution in [1.82, 2.24) is 4.90 Å². The monoisotopic (exact) mass is 539 g/mol. The second-order valence-electron chi connectivity index (χ2n) is 9.59. The van der Waals surface area contributed by atoms with Crippen LogP contribution in [0, 0.1) is 5.92 Å². The molecule has 1 amide bonds. The molecule has 1 saturated heterocycles. The number of hydrogen-bond acceptors (Lipinski definition) is 4. The minimum atomic E-state index is -5.30. The molecule has 3 rings (SSSR count). The third kappa shape index (κ3) is 4.93. The maximum Gasteiger partial charge on any atom is 0.430 e. The number of benzene rings is 1. The lowest BCUT2D eigenvalue weighted by molar-refractivity contribution is -0.262. The van der Waals surface area contributed by atoms with Crippen molar-refractivity contribution in [2.24, 2.45) is 5.92 Å². The van der Waals surface area contributed by atoms with Gasteiger partial charge in [-0.05, 0) is 39.0 Å². The van der Waals surface area contributed by atoms with Crippen LogP contribution in [0.15, 0.2) is 54.1 Å². The molecule has 0 aromatic heterocycles. The van der Waals surface area contributed by atoms with Crippen molar-refractivity contribution >= 4 is 15.7 Å². The fourth-order valence-corrected chi connectivity index (χ4v) is 6.95. The lowest BCUT2D eigenvalue weighted by Gasteiger charge is -2.43. The van der Waals surface area contributed by atoms with Gasteiger partial charge in [0, 0.05) is 18.7 Å². The lowest BCUT2D eigenvalue weighted by Crippen LogP contribution is -2.58. The normalized spacial score (nSPS) is 22.2. The van der Waals surface area contributed by atoms with Gasteiger partial charge in [0.2, 0.25) is 0 Å². The second-order valence-corrected chi connectivity index (χ2v) is 12.3. The van der Waals surface area contributed by atoms with Crippen LogP contribution in [0.2, 0.25) is 0 Å². The Hall–Kier alpha value is -2.34. The van der Waals surface area contributed by atoms with Gasteiger partial charge < -0.3 is 10.0 Å². The fourth-order valence-electron chi connectivity index (χ4n) is 4.78. The number of rotatable bonds is 5. The van der Waals surface area contributed by atoms with Crippen LogP contribution >= 0.6 is 0 Å². The Balaban J connectivity index is 1.79. The van der Waals surface area contributed by atoms with Crippen LogP contribution < -0.4 is 0 Å². The molecule has 12 heteroatoms. The topological polar surface area (TPSA) is 74.7 Å². The van der Waals surface area contributed by atoms with E-state index in [1.165, 1.54) is 32.0 Å². The molecule has 1 heterocycles. The van der Waals surface area contributed by atoms with Gasteiger partial charge in [-0.2, -0.15) is 26.3 Å². The van der Waals surface area contributed by atoms with Crippen molar-refractivity contribution in [3.8, 4) is 0 Å². The number of piperidine rings is 1. The highest BCUT2D eigenvalue weighted by molar-refractivity contribution is 7.93. The van der Waals surface area contributed by atoms with Gasteiger partial charge in [0.05, 0.1) is 15.6 Å². The summed E-state index contributed by atoms with van der Waals surface area (Å²) in [6.07, 6.45) is -7.45. The van der Waals surface area contributed by atoms with E-state index < -0.39 is 60.7 Å². The minimum Gasteiger partial charge on any atom is -0.369 e. The predicted octanol–water partition coefficient (Wildman–Crippen LogP) is 4.69. The van der Waals surface area contributed by atoms with Gasteiger partial charge in [-0.1, -0.05) is 48.6 Å². The number of carbonyl (C=O) groups is 1. The first-order valence-electron chi connectivity index (χ1n) is 11.3.